The molecule has 0 saturated heterocycles. The molecule has 0 aliphatic carbocycles. The van der Waals surface area contributed by atoms with Crippen LogP contribution in [0.4, 0.5) is 18.9 Å². The fraction of sp³-hybridized carbons (Fsp3) is 0.143. The summed E-state index contributed by atoms with van der Waals surface area (Å²) in [7, 11) is 0. The van der Waals surface area contributed by atoms with Crippen LogP contribution >= 0.6 is 0 Å². The zero-order valence-corrected chi connectivity index (χ0v) is 9.91. The summed E-state index contributed by atoms with van der Waals surface area (Å²) in [5.74, 6) is -0.00893. The van der Waals surface area contributed by atoms with Gasteiger partial charge >= 0.3 is 6.18 Å². The molecule has 2 aromatic rings. The molecular formula is C14H12F3NO. The number of rotatable bonds is 2. The molecule has 0 aliphatic rings. The molecule has 2 rings (SSSR count). The van der Waals surface area contributed by atoms with Gasteiger partial charge in [0.15, 0.2) is 0 Å². The molecule has 5 heteroatoms. The number of anilines is 1. The number of hydrogen-bond donors (Lipinski definition) is 2. The fourth-order valence-electron chi connectivity index (χ4n) is 1.90. The molecule has 3 N–H and O–H groups in total. The minimum atomic E-state index is -4.39. The van der Waals surface area contributed by atoms with Crippen molar-refractivity contribution in [2.24, 2.45) is 0 Å². The highest BCUT2D eigenvalue weighted by Crippen LogP contribution is 2.33. The van der Waals surface area contributed by atoms with Gasteiger partial charge in [0, 0.05) is 18.2 Å². The van der Waals surface area contributed by atoms with Crippen LogP contribution in [-0.4, -0.2) is 5.11 Å². The summed E-state index contributed by atoms with van der Waals surface area (Å²) in [5, 5.41) is 9.23. The third-order valence-electron chi connectivity index (χ3n) is 2.83. The first-order valence-corrected chi connectivity index (χ1v) is 5.60. The van der Waals surface area contributed by atoms with Crippen molar-refractivity contribution in [3.8, 4) is 5.75 Å². The van der Waals surface area contributed by atoms with Gasteiger partial charge in [-0.05, 0) is 23.3 Å². The Hall–Kier alpha value is -2.17. The number of hydrogen-bond acceptors (Lipinski definition) is 2. The second-order valence-electron chi connectivity index (χ2n) is 4.21. The number of halogens is 3. The monoisotopic (exact) mass is 267 g/mol. The molecule has 2 nitrogen and oxygen atoms in total. The Morgan fingerprint density at radius 2 is 1.68 bits per heavy atom. The van der Waals surface area contributed by atoms with Crippen LogP contribution < -0.4 is 5.73 Å². The number of phenolic OH excluding ortho intramolecular Hbond substituents is 1. The van der Waals surface area contributed by atoms with E-state index in [2.05, 4.69) is 0 Å². The van der Waals surface area contributed by atoms with Crippen LogP contribution in [0.25, 0.3) is 0 Å². The summed E-state index contributed by atoms with van der Waals surface area (Å²) >= 11 is 0. The first-order valence-electron chi connectivity index (χ1n) is 5.60. The average Bonchev–Trinajstić information content (AvgIpc) is 2.32. The quantitative estimate of drug-likeness (QED) is 0.817. The maximum absolute atomic E-state index is 12.8. The Balaban J connectivity index is 2.39. The van der Waals surface area contributed by atoms with Crippen molar-refractivity contribution >= 4 is 5.69 Å². The maximum atomic E-state index is 12.8. The van der Waals surface area contributed by atoms with Gasteiger partial charge in [0.25, 0.3) is 0 Å². The molecule has 0 bridgehead atoms. The molecule has 0 amide bonds. The van der Waals surface area contributed by atoms with Gasteiger partial charge in [-0.25, -0.2) is 0 Å². The van der Waals surface area contributed by atoms with Crippen LogP contribution in [0.3, 0.4) is 0 Å². The molecule has 0 aliphatic heterocycles. The van der Waals surface area contributed by atoms with Gasteiger partial charge in [0.2, 0.25) is 0 Å². The Morgan fingerprint density at radius 1 is 1.00 bits per heavy atom. The van der Waals surface area contributed by atoms with Crippen LogP contribution in [0, 0.1) is 0 Å². The van der Waals surface area contributed by atoms with Crippen molar-refractivity contribution in [3.63, 3.8) is 0 Å². The summed E-state index contributed by atoms with van der Waals surface area (Å²) in [6, 6.07) is 9.64. The summed E-state index contributed by atoms with van der Waals surface area (Å²) in [5.41, 5.74) is 6.01. The number of benzene rings is 2. The van der Waals surface area contributed by atoms with Crippen LogP contribution in [0.2, 0.25) is 0 Å². The van der Waals surface area contributed by atoms with Gasteiger partial charge in [0.1, 0.15) is 5.75 Å². The molecule has 0 fully saturated rings. The SMILES string of the molecule is Nc1cc(O)ccc1Cc1ccccc1C(F)(F)F. The highest BCUT2D eigenvalue weighted by molar-refractivity contribution is 5.53. The molecule has 2 aromatic carbocycles. The van der Waals surface area contributed by atoms with Crippen molar-refractivity contribution < 1.29 is 18.3 Å². The van der Waals surface area contributed by atoms with Crippen molar-refractivity contribution in [2.75, 3.05) is 5.73 Å². The lowest BCUT2D eigenvalue weighted by Gasteiger charge is -2.13. The largest absolute Gasteiger partial charge is 0.508 e. The van der Waals surface area contributed by atoms with Gasteiger partial charge in [-0.2, -0.15) is 13.2 Å². The molecular weight excluding hydrogens is 255 g/mol. The third-order valence-corrected chi connectivity index (χ3v) is 2.83. The molecule has 0 atom stereocenters. The van der Waals surface area contributed by atoms with E-state index in [4.69, 9.17) is 5.73 Å². The molecule has 0 radical (unpaired) electrons. The van der Waals surface area contributed by atoms with Gasteiger partial charge in [-0.3, -0.25) is 0 Å². The highest BCUT2D eigenvalue weighted by atomic mass is 19.4. The average molecular weight is 267 g/mol. The summed E-state index contributed by atoms with van der Waals surface area (Å²) in [6.07, 6.45) is -4.32. The van der Waals surface area contributed by atoms with E-state index >= 15 is 0 Å². The first-order chi connectivity index (χ1) is 8.88. The summed E-state index contributed by atoms with van der Waals surface area (Å²) in [6.45, 7) is 0. The Labute approximate surface area is 108 Å². The van der Waals surface area contributed by atoms with E-state index in [0.29, 0.717) is 5.56 Å². The summed E-state index contributed by atoms with van der Waals surface area (Å²) in [4.78, 5) is 0. The third kappa shape index (κ3) is 2.99. The molecule has 100 valence electrons. The second kappa shape index (κ2) is 4.84. The number of nitrogen functional groups attached to an aromatic ring is 1. The van der Waals surface area contributed by atoms with Crippen molar-refractivity contribution in [1.82, 2.24) is 0 Å². The lowest BCUT2D eigenvalue weighted by Crippen LogP contribution is -2.09. The van der Waals surface area contributed by atoms with E-state index in [1.165, 1.54) is 30.3 Å². The predicted octanol–water partition coefficient (Wildman–Crippen LogP) is 3.58. The summed E-state index contributed by atoms with van der Waals surface area (Å²) < 4.78 is 38.5. The van der Waals surface area contributed by atoms with E-state index in [-0.39, 0.29) is 23.4 Å². The van der Waals surface area contributed by atoms with Crippen LogP contribution in [-0.2, 0) is 12.6 Å². The van der Waals surface area contributed by atoms with Gasteiger partial charge in [0.05, 0.1) is 5.56 Å². The number of aromatic hydroxyl groups is 1. The topological polar surface area (TPSA) is 46.2 Å². The molecule has 0 aromatic heterocycles. The van der Waals surface area contributed by atoms with Gasteiger partial charge < -0.3 is 10.8 Å². The molecule has 19 heavy (non-hydrogen) atoms. The lowest BCUT2D eigenvalue weighted by atomic mass is 9.98. The van der Waals surface area contributed by atoms with Gasteiger partial charge in [-0.1, -0.05) is 24.3 Å². The lowest BCUT2D eigenvalue weighted by molar-refractivity contribution is -0.138. The van der Waals surface area contributed by atoms with E-state index in [1.807, 2.05) is 0 Å². The van der Waals surface area contributed by atoms with E-state index in [1.54, 1.807) is 6.07 Å². The molecule has 0 unspecified atom stereocenters. The number of nitrogens with two attached hydrogens (primary N) is 1. The Bertz CT molecular complexity index is 593. The van der Waals surface area contributed by atoms with E-state index < -0.39 is 11.7 Å². The first kappa shape index (κ1) is 13.3. The highest BCUT2D eigenvalue weighted by Gasteiger charge is 2.32. The second-order valence-corrected chi connectivity index (χ2v) is 4.21. The maximum Gasteiger partial charge on any atom is 0.416 e. The molecule has 0 heterocycles. The van der Waals surface area contributed by atoms with Crippen LogP contribution in [0.15, 0.2) is 42.5 Å². The Kier molecular flexibility index (Phi) is 3.38. The van der Waals surface area contributed by atoms with Crippen molar-refractivity contribution in [2.45, 2.75) is 12.6 Å². The van der Waals surface area contributed by atoms with Crippen molar-refractivity contribution in [3.05, 3.63) is 59.2 Å². The fourth-order valence-corrected chi connectivity index (χ4v) is 1.90. The zero-order valence-electron chi connectivity index (χ0n) is 9.91. The zero-order chi connectivity index (χ0) is 14.0. The Morgan fingerprint density at radius 3 is 2.32 bits per heavy atom. The predicted molar refractivity (Wildman–Crippen MR) is 66.8 cm³/mol. The van der Waals surface area contributed by atoms with E-state index in [0.717, 1.165) is 6.07 Å². The molecule has 0 saturated carbocycles. The minimum Gasteiger partial charge on any atom is -0.508 e. The van der Waals surface area contributed by atoms with E-state index in [9.17, 15) is 18.3 Å². The smallest absolute Gasteiger partial charge is 0.416 e. The number of phenols is 1. The minimum absolute atomic E-state index is 0.00893. The van der Waals surface area contributed by atoms with Crippen molar-refractivity contribution in [1.29, 1.82) is 0 Å². The standard InChI is InChI=1S/C14H12F3NO/c15-14(16,17)12-4-2-1-3-9(12)7-10-5-6-11(19)8-13(10)18/h1-6,8,19H,7,18H2. The van der Waals surface area contributed by atoms with Crippen LogP contribution in [0.5, 0.6) is 5.75 Å². The normalized spacial score (nSPS) is 11.5. The van der Waals surface area contributed by atoms with Gasteiger partial charge in [-0.15, -0.1) is 0 Å². The number of alkyl halides is 3. The van der Waals surface area contributed by atoms with Crippen LogP contribution in [0.1, 0.15) is 16.7 Å². The molecule has 0 spiro atoms.